The zero-order chi connectivity index (χ0) is 19.7. The van der Waals surface area contributed by atoms with Gasteiger partial charge in [0.25, 0.3) is 0 Å². The fourth-order valence-electron chi connectivity index (χ4n) is 2.32. The van der Waals surface area contributed by atoms with Gasteiger partial charge in [0.05, 0.1) is 0 Å². The Labute approximate surface area is 151 Å². The van der Waals surface area contributed by atoms with Crippen LogP contribution in [0.5, 0.6) is 0 Å². The molecule has 0 saturated heterocycles. The lowest BCUT2D eigenvalue weighted by Gasteiger charge is -2.21. The Morgan fingerprint density at radius 3 is 2.19 bits per heavy atom. The maximum atomic E-state index is 13.0. The van der Waals surface area contributed by atoms with Gasteiger partial charge in [-0.1, -0.05) is 19.1 Å². The molecule has 142 valence electrons. The summed E-state index contributed by atoms with van der Waals surface area (Å²) in [5.74, 6) is -2.93. The Kier molecular flexibility index (Phi) is 8.41. The second-order valence-electron chi connectivity index (χ2n) is 5.91. The van der Waals surface area contributed by atoms with Crippen molar-refractivity contribution in [2.24, 2.45) is 0 Å². The lowest BCUT2D eigenvalue weighted by Crippen LogP contribution is -2.52. The van der Waals surface area contributed by atoms with Crippen LogP contribution in [0.3, 0.4) is 0 Å². The van der Waals surface area contributed by atoms with Crippen LogP contribution >= 0.6 is 0 Å². The molecule has 0 aliphatic carbocycles. The molecule has 0 aromatic heterocycles. The predicted octanol–water partition coefficient (Wildman–Crippen LogP) is 1.20. The maximum Gasteiger partial charge on any atom is 0.326 e. The number of hydrogen-bond donors (Lipinski definition) is 3. The summed E-state index contributed by atoms with van der Waals surface area (Å²) in [6.45, 7) is 2.91. The first-order valence-electron chi connectivity index (χ1n) is 8.29. The van der Waals surface area contributed by atoms with Gasteiger partial charge in [0, 0.05) is 26.2 Å². The second kappa shape index (κ2) is 10.3. The highest BCUT2D eigenvalue weighted by Gasteiger charge is 2.26. The number of carbonyl (C=O) groups is 4. The van der Waals surface area contributed by atoms with Crippen LogP contribution in [0.4, 0.5) is 4.39 Å². The molecule has 1 aromatic rings. The molecule has 8 heteroatoms. The van der Waals surface area contributed by atoms with Crippen molar-refractivity contribution in [1.82, 2.24) is 10.6 Å². The van der Waals surface area contributed by atoms with Gasteiger partial charge in [-0.2, -0.15) is 0 Å². The summed E-state index contributed by atoms with van der Waals surface area (Å²) in [4.78, 5) is 46.5. The topological polar surface area (TPSA) is 113 Å². The van der Waals surface area contributed by atoms with E-state index in [1.807, 2.05) is 0 Å². The summed E-state index contributed by atoms with van der Waals surface area (Å²) >= 11 is 0. The quantitative estimate of drug-likeness (QED) is 0.576. The van der Waals surface area contributed by atoms with Crippen molar-refractivity contribution in [3.05, 3.63) is 35.6 Å². The van der Waals surface area contributed by atoms with E-state index in [1.165, 1.54) is 31.2 Å². The summed E-state index contributed by atoms with van der Waals surface area (Å²) in [6.07, 6.45) is 0.374. The molecule has 0 aliphatic rings. The first-order valence-corrected chi connectivity index (χ1v) is 8.29. The Morgan fingerprint density at radius 2 is 1.69 bits per heavy atom. The Bertz CT molecular complexity index is 660. The smallest absolute Gasteiger partial charge is 0.326 e. The third kappa shape index (κ3) is 7.42. The highest BCUT2D eigenvalue weighted by molar-refractivity contribution is 5.90. The summed E-state index contributed by atoms with van der Waals surface area (Å²) in [6, 6.07) is 3.17. The van der Waals surface area contributed by atoms with E-state index in [2.05, 4.69) is 10.6 Å². The van der Waals surface area contributed by atoms with E-state index in [0.29, 0.717) is 12.0 Å². The normalized spacial score (nSPS) is 12.7. The minimum Gasteiger partial charge on any atom is -0.480 e. The van der Waals surface area contributed by atoms with Crippen molar-refractivity contribution >= 4 is 23.6 Å². The van der Waals surface area contributed by atoms with Gasteiger partial charge in [0.1, 0.15) is 23.7 Å². The van der Waals surface area contributed by atoms with Crippen molar-refractivity contribution in [3.63, 3.8) is 0 Å². The number of aliphatic carboxylic acids is 1. The van der Waals surface area contributed by atoms with E-state index >= 15 is 0 Å². The van der Waals surface area contributed by atoms with Crippen LogP contribution in [-0.4, -0.2) is 40.8 Å². The highest BCUT2D eigenvalue weighted by atomic mass is 19.1. The Hall–Kier alpha value is -2.77. The van der Waals surface area contributed by atoms with Crippen LogP contribution in [0.15, 0.2) is 24.3 Å². The molecule has 26 heavy (non-hydrogen) atoms. The molecular formula is C18H23FN2O5. The molecule has 1 rings (SSSR count). The molecule has 0 bridgehead atoms. The average molecular weight is 366 g/mol. The van der Waals surface area contributed by atoms with Crippen LogP contribution in [-0.2, 0) is 25.6 Å². The number of amides is 2. The first-order chi connectivity index (χ1) is 12.2. The number of rotatable bonds is 10. The van der Waals surface area contributed by atoms with Crippen LogP contribution in [0.25, 0.3) is 0 Å². The number of hydrogen-bond acceptors (Lipinski definition) is 4. The fraction of sp³-hybridized carbons (Fsp3) is 0.444. The monoisotopic (exact) mass is 366 g/mol. The third-order valence-electron chi connectivity index (χ3n) is 3.77. The molecule has 7 nitrogen and oxygen atoms in total. The SMILES string of the molecule is CCC(=O)CC[C@H](NC(=O)[C@@H](Cc1ccc(F)cc1)NC(C)=O)C(=O)O. The number of carboxylic acids is 1. The van der Waals surface area contributed by atoms with Crippen LogP contribution < -0.4 is 10.6 Å². The molecule has 0 saturated carbocycles. The Morgan fingerprint density at radius 1 is 1.08 bits per heavy atom. The van der Waals surface area contributed by atoms with Gasteiger partial charge in [-0.25, -0.2) is 9.18 Å². The van der Waals surface area contributed by atoms with E-state index in [9.17, 15) is 28.7 Å². The van der Waals surface area contributed by atoms with Crippen molar-refractivity contribution in [1.29, 1.82) is 0 Å². The van der Waals surface area contributed by atoms with Crippen LogP contribution in [0.1, 0.15) is 38.7 Å². The number of benzene rings is 1. The van der Waals surface area contributed by atoms with E-state index < -0.39 is 35.7 Å². The largest absolute Gasteiger partial charge is 0.480 e. The fourth-order valence-corrected chi connectivity index (χ4v) is 2.32. The molecule has 2 atom stereocenters. The molecule has 0 fully saturated rings. The number of ketones is 1. The molecule has 1 aromatic carbocycles. The summed E-state index contributed by atoms with van der Waals surface area (Å²) in [5, 5.41) is 14.0. The van der Waals surface area contributed by atoms with Gasteiger partial charge < -0.3 is 15.7 Å². The lowest BCUT2D eigenvalue weighted by molar-refractivity contribution is -0.142. The molecule has 0 radical (unpaired) electrons. The molecule has 0 unspecified atom stereocenters. The van der Waals surface area contributed by atoms with E-state index in [4.69, 9.17) is 0 Å². The predicted molar refractivity (Wildman–Crippen MR) is 91.8 cm³/mol. The minimum absolute atomic E-state index is 0.0307. The van der Waals surface area contributed by atoms with Crippen molar-refractivity contribution in [3.8, 4) is 0 Å². The van der Waals surface area contributed by atoms with Gasteiger partial charge >= 0.3 is 5.97 Å². The third-order valence-corrected chi connectivity index (χ3v) is 3.77. The van der Waals surface area contributed by atoms with E-state index in [0.717, 1.165) is 0 Å². The number of carboxylic acid groups (broad SMARTS) is 1. The number of Topliss-reactive ketones (excluding diaryl/α,β-unsaturated/α-hetero) is 1. The lowest BCUT2D eigenvalue weighted by atomic mass is 10.0. The molecule has 2 amide bonds. The highest BCUT2D eigenvalue weighted by Crippen LogP contribution is 2.08. The van der Waals surface area contributed by atoms with Gasteiger partial charge in [0.2, 0.25) is 11.8 Å². The van der Waals surface area contributed by atoms with E-state index in [-0.39, 0.29) is 25.0 Å². The van der Waals surface area contributed by atoms with Crippen LogP contribution in [0, 0.1) is 5.82 Å². The number of nitrogens with one attached hydrogen (secondary N) is 2. The summed E-state index contributed by atoms with van der Waals surface area (Å²) in [5.41, 5.74) is 0.605. The van der Waals surface area contributed by atoms with Gasteiger partial charge in [-0.15, -0.1) is 0 Å². The Balaban J connectivity index is 2.81. The van der Waals surface area contributed by atoms with Gasteiger partial charge in [-0.3, -0.25) is 14.4 Å². The molecule has 0 spiro atoms. The zero-order valence-electron chi connectivity index (χ0n) is 14.8. The minimum atomic E-state index is -1.26. The van der Waals surface area contributed by atoms with Crippen LogP contribution in [0.2, 0.25) is 0 Å². The average Bonchev–Trinajstić information content (AvgIpc) is 2.58. The summed E-state index contributed by atoms with van der Waals surface area (Å²) < 4.78 is 13.0. The maximum absolute atomic E-state index is 13.0. The molecule has 0 heterocycles. The van der Waals surface area contributed by atoms with E-state index in [1.54, 1.807) is 6.92 Å². The van der Waals surface area contributed by atoms with Crippen molar-refractivity contribution in [2.45, 2.75) is 51.6 Å². The van der Waals surface area contributed by atoms with Crippen molar-refractivity contribution in [2.75, 3.05) is 0 Å². The first kappa shape index (κ1) is 21.3. The van der Waals surface area contributed by atoms with Crippen molar-refractivity contribution < 1.29 is 28.7 Å². The van der Waals surface area contributed by atoms with Gasteiger partial charge in [-0.05, 0) is 24.1 Å². The number of halogens is 1. The molecular weight excluding hydrogens is 343 g/mol. The van der Waals surface area contributed by atoms with Gasteiger partial charge in [0.15, 0.2) is 0 Å². The second-order valence-corrected chi connectivity index (χ2v) is 5.91. The standard InChI is InChI=1S/C18H23FN2O5/c1-3-14(23)8-9-15(18(25)26)21-17(24)16(20-11(2)22)10-12-4-6-13(19)7-5-12/h4-7,15-16H,3,8-10H2,1-2H3,(H,20,22)(H,21,24)(H,25,26)/t15-,16+/m0/s1. The molecule has 0 aliphatic heterocycles. The molecule has 3 N–H and O–H groups in total. The number of carbonyl (C=O) groups excluding carboxylic acids is 3. The zero-order valence-corrected chi connectivity index (χ0v) is 14.8. The summed E-state index contributed by atoms with van der Waals surface area (Å²) in [7, 11) is 0.